The summed E-state index contributed by atoms with van der Waals surface area (Å²) in [6.07, 6.45) is 4.59. The van der Waals surface area contributed by atoms with Crippen LogP contribution in [0.5, 0.6) is 0 Å². The van der Waals surface area contributed by atoms with E-state index in [1.807, 2.05) is 0 Å². The minimum absolute atomic E-state index is 0.0951. The molecule has 5 rings (SSSR count). The van der Waals surface area contributed by atoms with E-state index in [1.165, 1.54) is 22.4 Å². The van der Waals surface area contributed by atoms with Crippen molar-refractivity contribution in [2.75, 3.05) is 37.6 Å². The summed E-state index contributed by atoms with van der Waals surface area (Å²) >= 11 is 0. The Bertz CT molecular complexity index is 919. The molecule has 5 heteroatoms. The monoisotopic (exact) mass is 438 g/mol. The molecule has 2 saturated heterocycles. The van der Waals surface area contributed by atoms with Crippen LogP contribution in [0.2, 0.25) is 0 Å². The van der Waals surface area contributed by atoms with Crippen molar-refractivity contribution < 1.29 is 14.6 Å². The average molecular weight is 439 g/mol. The highest BCUT2D eigenvalue weighted by Gasteiger charge is 2.59. The number of rotatable bonds is 3. The van der Waals surface area contributed by atoms with E-state index in [0.29, 0.717) is 12.5 Å². The fourth-order valence-corrected chi connectivity index (χ4v) is 6.80. The molecule has 6 atom stereocenters. The third-order valence-electron chi connectivity index (χ3n) is 9.31. The van der Waals surface area contributed by atoms with E-state index in [9.17, 15) is 9.90 Å². The molecule has 174 valence electrons. The maximum absolute atomic E-state index is 12.9. The fraction of sp³-hybridized carbons (Fsp3) is 0.667. The molecule has 1 saturated carbocycles. The number of piperazine rings is 1. The Balaban J connectivity index is 1.28. The van der Waals surface area contributed by atoms with Gasteiger partial charge in [-0.1, -0.05) is 37.6 Å². The number of hydrogen-bond donors (Lipinski definition) is 1. The van der Waals surface area contributed by atoms with E-state index in [2.05, 4.69) is 61.8 Å². The van der Waals surface area contributed by atoms with Crippen molar-refractivity contribution in [2.45, 2.75) is 59.2 Å². The standard InChI is InChI=1S/C27H38N2O3/c1-17-7-5-10-22(19(17)3)29-13-11-28(12-14-29)16-21-24-23(32-26(21)31)15-20-9-6-8-18(2)27(20,4)25(24)30/h5,7,9-10,18,21,23-25,30H,6,8,11-16H2,1-4H3/t18-,21-,23+,24-,25+,27+/m0/s1. The van der Waals surface area contributed by atoms with E-state index in [4.69, 9.17) is 4.74 Å². The lowest BCUT2D eigenvalue weighted by molar-refractivity contribution is -0.145. The van der Waals surface area contributed by atoms with Gasteiger partial charge in [-0.05, 0) is 49.8 Å². The maximum atomic E-state index is 12.9. The number of allylic oxidation sites excluding steroid dienone is 1. The molecule has 1 aromatic rings. The zero-order valence-electron chi connectivity index (χ0n) is 20.0. The van der Waals surface area contributed by atoms with E-state index >= 15 is 0 Å². The minimum atomic E-state index is -0.518. The van der Waals surface area contributed by atoms with Gasteiger partial charge in [0.05, 0.1) is 12.0 Å². The summed E-state index contributed by atoms with van der Waals surface area (Å²) in [5.41, 5.74) is 5.08. The summed E-state index contributed by atoms with van der Waals surface area (Å²) in [5.74, 6) is -0.000529. The molecule has 5 nitrogen and oxygen atoms in total. The molecule has 0 radical (unpaired) electrons. The minimum Gasteiger partial charge on any atom is -0.461 e. The number of anilines is 1. The van der Waals surface area contributed by atoms with Gasteiger partial charge in [-0.3, -0.25) is 9.69 Å². The number of aliphatic hydroxyl groups excluding tert-OH is 1. The first-order valence-electron chi connectivity index (χ1n) is 12.4. The summed E-state index contributed by atoms with van der Waals surface area (Å²) < 4.78 is 5.86. The second-order valence-electron chi connectivity index (χ2n) is 10.8. The van der Waals surface area contributed by atoms with Crippen LogP contribution in [0.1, 0.15) is 44.2 Å². The van der Waals surface area contributed by atoms with Crippen molar-refractivity contribution in [3.63, 3.8) is 0 Å². The van der Waals surface area contributed by atoms with Crippen molar-refractivity contribution in [3.05, 3.63) is 41.0 Å². The van der Waals surface area contributed by atoms with Gasteiger partial charge in [-0.15, -0.1) is 0 Å². The van der Waals surface area contributed by atoms with E-state index in [1.54, 1.807) is 0 Å². The number of esters is 1. The normalized spacial score (nSPS) is 37.5. The quantitative estimate of drug-likeness (QED) is 0.576. The van der Waals surface area contributed by atoms with Crippen LogP contribution in [0.4, 0.5) is 5.69 Å². The van der Waals surface area contributed by atoms with Gasteiger partial charge in [0.1, 0.15) is 6.10 Å². The Morgan fingerprint density at radius 1 is 1.19 bits per heavy atom. The number of aryl methyl sites for hydroxylation is 1. The highest BCUT2D eigenvalue weighted by Crippen LogP contribution is 2.56. The molecule has 3 fully saturated rings. The SMILES string of the molecule is Cc1cccc(N2CCN(C[C@@H]3C(=O)O[C@@H]4CC5=CCC[C@H](C)[C@@]5(C)[C@H](O)[C@@H]34)CC2)c1C. The lowest BCUT2D eigenvalue weighted by Gasteiger charge is -2.52. The van der Waals surface area contributed by atoms with E-state index in [-0.39, 0.29) is 29.3 Å². The number of hydrogen-bond acceptors (Lipinski definition) is 5. The van der Waals surface area contributed by atoms with Crippen LogP contribution in [0.3, 0.4) is 0 Å². The van der Waals surface area contributed by atoms with Crippen molar-refractivity contribution >= 4 is 11.7 Å². The Kier molecular flexibility index (Phi) is 5.61. The van der Waals surface area contributed by atoms with Crippen LogP contribution in [0, 0.1) is 37.0 Å². The van der Waals surface area contributed by atoms with Crippen molar-refractivity contribution in [1.82, 2.24) is 4.90 Å². The summed E-state index contributed by atoms with van der Waals surface area (Å²) in [4.78, 5) is 17.8. The Morgan fingerprint density at radius 2 is 1.94 bits per heavy atom. The van der Waals surface area contributed by atoms with Crippen LogP contribution in [-0.4, -0.2) is 60.9 Å². The summed E-state index contributed by atoms with van der Waals surface area (Å²) in [5, 5.41) is 11.6. The highest BCUT2D eigenvalue weighted by molar-refractivity contribution is 5.76. The lowest BCUT2D eigenvalue weighted by atomic mass is 9.55. The first-order chi connectivity index (χ1) is 15.3. The van der Waals surface area contributed by atoms with Crippen molar-refractivity contribution in [3.8, 4) is 0 Å². The molecule has 32 heavy (non-hydrogen) atoms. The van der Waals surface area contributed by atoms with E-state index in [0.717, 1.165) is 45.4 Å². The average Bonchev–Trinajstić information content (AvgIpc) is 3.08. The van der Waals surface area contributed by atoms with Crippen molar-refractivity contribution in [1.29, 1.82) is 0 Å². The lowest BCUT2D eigenvalue weighted by Crippen LogP contribution is -2.55. The molecular weight excluding hydrogens is 400 g/mol. The predicted molar refractivity (Wildman–Crippen MR) is 127 cm³/mol. The second-order valence-corrected chi connectivity index (χ2v) is 10.8. The zero-order chi connectivity index (χ0) is 22.6. The second kappa shape index (κ2) is 8.18. The summed E-state index contributed by atoms with van der Waals surface area (Å²) in [7, 11) is 0. The van der Waals surface area contributed by atoms with Gasteiger partial charge in [0, 0.05) is 56.2 Å². The molecule has 1 aromatic carbocycles. The molecular formula is C27H38N2O3. The Morgan fingerprint density at radius 3 is 2.69 bits per heavy atom. The molecule has 2 aliphatic heterocycles. The summed E-state index contributed by atoms with van der Waals surface area (Å²) in [6.45, 7) is 13.3. The van der Waals surface area contributed by atoms with Crippen LogP contribution in [-0.2, 0) is 9.53 Å². The third kappa shape index (κ3) is 3.40. The number of ether oxygens (including phenoxy) is 1. The molecule has 0 aromatic heterocycles. The van der Waals surface area contributed by atoms with Crippen molar-refractivity contribution in [2.24, 2.45) is 23.2 Å². The first kappa shape index (κ1) is 22.0. The third-order valence-corrected chi connectivity index (χ3v) is 9.31. The Labute approximate surface area is 192 Å². The van der Waals surface area contributed by atoms with Crippen LogP contribution < -0.4 is 4.90 Å². The number of aliphatic hydroxyl groups is 1. The molecule has 4 aliphatic rings. The van der Waals surface area contributed by atoms with Crippen LogP contribution in [0.25, 0.3) is 0 Å². The van der Waals surface area contributed by atoms with Gasteiger partial charge in [-0.2, -0.15) is 0 Å². The molecule has 0 bridgehead atoms. The van der Waals surface area contributed by atoms with Gasteiger partial charge in [-0.25, -0.2) is 0 Å². The number of fused-ring (bicyclic) bond motifs is 2. The maximum Gasteiger partial charge on any atom is 0.311 e. The number of nitrogens with zero attached hydrogens (tertiary/aromatic N) is 2. The zero-order valence-corrected chi connectivity index (χ0v) is 20.0. The first-order valence-corrected chi connectivity index (χ1v) is 12.4. The number of carbonyl (C=O) groups is 1. The molecule has 2 heterocycles. The molecule has 0 unspecified atom stereocenters. The van der Waals surface area contributed by atoms with Gasteiger partial charge >= 0.3 is 5.97 Å². The van der Waals surface area contributed by atoms with Gasteiger partial charge in [0.15, 0.2) is 0 Å². The molecule has 1 N–H and O–H groups in total. The topological polar surface area (TPSA) is 53.0 Å². The van der Waals surface area contributed by atoms with Crippen LogP contribution in [0.15, 0.2) is 29.8 Å². The highest BCUT2D eigenvalue weighted by atomic mass is 16.6. The number of benzene rings is 1. The smallest absolute Gasteiger partial charge is 0.311 e. The van der Waals surface area contributed by atoms with E-state index < -0.39 is 6.10 Å². The number of carbonyl (C=O) groups excluding carboxylic acids is 1. The van der Waals surface area contributed by atoms with Gasteiger partial charge in [0.25, 0.3) is 0 Å². The largest absolute Gasteiger partial charge is 0.461 e. The fourth-order valence-electron chi connectivity index (χ4n) is 6.80. The molecule has 2 aliphatic carbocycles. The van der Waals surface area contributed by atoms with Gasteiger partial charge < -0.3 is 14.7 Å². The molecule has 0 spiro atoms. The Hall–Kier alpha value is -1.85. The van der Waals surface area contributed by atoms with Crippen LogP contribution >= 0.6 is 0 Å². The molecule has 0 amide bonds. The summed E-state index contributed by atoms with van der Waals surface area (Å²) in [6, 6.07) is 6.52. The van der Waals surface area contributed by atoms with Gasteiger partial charge in [0.2, 0.25) is 0 Å². The predicted octanol–water partition coefficient (Wildman–Crippen LogP) is 3.71.